The highest BCUT2D eigenvalue weighted by Crippen LogP contribution is 2.32. The normalized spacial score (nSPS) is 14.4. The third-order valence-electron chi connectivity index (χ3n) is 12.4. The van der Waals surface area contributed by atoms with Gasteiger partial charge in [0.25, 0.3) is 34.9 Å². The number of fused-ring (bicyclic) bond motifs is 8. The van der Waals surface area contributed by atoms with Crippen molar-refractivity contribution in [2.24, 2.45) is 0 Å². The summed E-state index contributed by atoms with van der Waals surface area (Å²) in [6.45, 7) is 12.4. The number of hydrogen-bond donors (Lipinski definition) is 0. The van der Waals surface area contributed by atoms with E-state index in [1.54, 1.807) is 0 Å². The molecule has 0 saturated carbocycles. The van der Waals surface area contributed by atoms with Gasteiger partial charge in [-0.3, -0.25) is 0 Å². The average molecular weight is 737 g/mol. The molecule has 0 unspecified atom stereocenters. The Bertz CT molecular complexity index is 2720. The highest BCUT2D eigenvalue weighted by atomic mass is 16.4. The molecule has 4 aliphatic rings. The first kappa shape index (κ1) is 32.9. The predicted molar refractivity (Wildman–Crippen MR) is 208 cm³/mol. The lowest BCUT2D eigenvalue weighted by Gasteiger charge is -2.24. The molecule has 0 N–H and O–H groups in total. The van der Waals surface area contributed by atoms with Crippen LogP contribution in [0.15, 0.2) is 143 Å². The predicted octanol–water partition coefficient (Wildman–Crippen LogP) is 6.66. The lowest BCUT2D eigenvalue weighted by Crippen LogP contribution is -2.65. The number of aryl methyl sites for hydroxylation is 4. The largest absolute Gasteiger partial charge is 0.447 e. The number of benzene rings is 2. The summed E-state index contributed by atoms with van der Waals surface area (Å²) in [4.78, 5) is 0. The molecule has 56 heavy (non-hydrogen) atoms. The summed E-state index contributed by atoms with van der Waals surface area (Å²) in [6, 6.07) is 44.8. The van der Waals surface area contributed by atoms with E-state index in [9.17, 15) is 0 Å². The number of nitrogens with zero attached hydrogens (tertiary/aromatic N) is 6. The summed E-state index contributed by atoms with van der Waals surface area (Å²) in [5.41, 5.74) is 17.6. The van der Waals surface area contributed by atoms with Gasteiger partial charge in [-0.05, 0) is 61.4 Å². The SMILES string of the molecule is Cc1ccccc1-c1cccc2[n+]1CC1C[n+]3c(-c4ccccc4C)cccc3-c3cccc-2[n+]31.Cc1coc2[n+]1CC1C[n+]3c(C)coc3-c3cccc-2[n+]31. The highest BCUT2D eigenvalue weighted by Gasteiger charge is 2.52. The van der Waals surface area contributed by atoms with Crippen LogP contribution in [0.2, 0.25) is 0 Å². The van der Waals surface area contributed by atoms with Gasteiger partial charge in [0, 0.05) is 73.5 Å². The lowest BCUT2D eigenvalue weighted by molar-refractivity contribution is -0.866. The average Bonchev–Trinajstić information content (AvgIpc) is 3.80. The van der Waals surface area contributed by atoms with Gasteiger partial charge >= 0.3 is 23.2 Å². The maximum Gasteiger partial charge on any atom is 0.447 e. The van der Waals surface area contributed by atoms with E-state index in [-0.39, 0.29) is 0 Å². The van der Waals surface area contributed by atoms with Crippen molar-refractivity contribution in [2.45, 2.75) is 66.0 Å². The fraction of sp³-hybridized carbons (Fsp3) is 0.208. The molecule has 12 rings (SSSR count). The topological polar surface area (TPSA) is 49.6 Å². The first-order valence-electron chi connectivity index (χ1n) is 19.7. The van der Waals surface area contributed by atoms with Crippen molar-refractivity contribution in [3.05, 3.63) is 156 Å². The van der Waals surface area contributed by atoms with E-state index >= 15 is 0 Å². The van der Waals surface area contributed by atoms with E-state index < -0.39 is 0 Å². The molecule has 4 aliphatic heterocycles. The first-order chi connectivity index (χ1) is 27.4. The van der Waals surface area contributed by atoms with Crippen LogP contribution in [0.4, 0.5) is 0 Å². The monoisotopic (exact) mass is 736 g/mol. The second-order valence-corrected chi connectivity index (χ2v) is 15.7. The van der Waals surface area contributed by atoms with Gasteiger partial charge < -0.3 is 8.83 Å². The molecular weight excluding hydrogens is 693 g/mol. The maximum absolute atomic E-state index is 5.78. The molecule has 0 fully saturated rings. The van der Waals surface area contributed by atoms with E-state index in [1.165, 1.54) is 67.8 Å². The Kier molecular flexibility index (Phi) is 7.33. The van der Waals surface area contributed by atoms with Gasteiger partial charge in [0.2, 0.25) is 49.0 Å². The van der Waals surface area contributed by atoms with Gasteiger partial charge in [0.05, 0.1) is 0 Å². The molecule has 10 heterocycles. The number of oxazole rings is 2. The van der Waals surface area contributed by atoms with Crippen molar-refractivity contribution in [1.29, 1.82) is 0 Å². The van der Waals surface area contributed by atoms with E-state index in [1.807, 2.05) is 12.5 Å². The Hall–Kier alpha value is -6.54. The number of aromatic nitrogens is 6. The van der Waals surface area contributed by atoms with Crippen molar-refractivity contribution >= 4 is 0 Å². The molecule has 0 spiro atoms. The molecule has 0 amide bonds. The Morgan fingerprint density at radius 2 is 0.732 bits per heavy atom. The van der Waals surface area contributed by atoms with Crippen LogP contribution >= 0.6 is 0 Å². The third-order valence-corrected chi connectivity index (χ3v) is 12.4. The number of pyridine rings is 4. The Labute approximate surface area is 326 Å². The minimum absolute atomic E-state index is 0.339. The molecule has 0 radical (unpaired) electrons. The molecule has 8 nitrogen and oxygen atoms in total. The van der Waals surface area contributed by atoms with Crippen molar-refractivity contribution in [1.82, 2.24) is 0 Å². The second-order valence-electron chi connectivity index (χ2n) is 15.7. The summed E-state index contributed by atoms with van der Waals surface area (Å²) in [6.07, 6.45) is 3.67. The fourth-order valence-electron chi connectivity index (χ4n) is 9.70. The van der Waals surface area contributed by atoms with Crippen LogP contribution in [0, 0.1) is 27.7 Å². The maximum atomic E-state index is 5.78. The summed E-state index contributed by atoms with van der Waals surface area (Å²) in [7, 11) is 0. The van der Waals surface area contributed by atoms with Crippen LogP contribution < -0.4 is 27.4 Å². The van der Waals surface area contributed by atoms with Gasteiger partial charge in [-0.2, -0.15) is 18.3 Å². The van der Waals surface area contributed by atoms with Gasteiger partial charge in [-0.15, -0.1) is 9.13 Å². The van der Waals surface area contributed by atoms with E-state index in [0.717, 1.165) is 49.3 Å². The van der Waals surface area contributed by atoms with Crippen LogP contribution in [0.3, 0.4) is 0 Å². The smallest absolute Gasteiger partial charge is 0.401 e. The third kappa shape index (κ3) is 4.84. The van der Waals surface area contributed by atoms with Crippen LogP contribution in [0.1, 0.15) is 34.6 Å². The van der Waals surface area contributed by atoms with Gasteiger partial charge in [-0.25, -0.2) is 0 Å². The molecule has 0 bridgehead atoms. The molecule has 0 atom stereocenters. The lowest BCUT2D eigenvalue weighted by atomic mass is 9.98. The summed E-state index contributed by atoms with van der Waals surface area (Å²) in [5.74, 6) is 1.87. The Morgan fingerprint density at radius 1 is 0.375 bits per heavy atom. The van der Waals surface area contributed by atoms with Crippen LogP contribution in [0.25, 0.3) is 68.5 Å². The molecule has 6 aromatic heterocycles. The molecule has 2 aromatic carbocycles. The number of hydrogen-bond acceptors (Lipinski definition) is 2. The Balaban J connectivity index is 0.000000147. The van der Waals surface area contributed by atoms with Crippen molar-refractivity contribution in [3.63, 3.8) is 0 Å². The molecule has 8 aromatic rings. The molecule has 8 heteroatoms. The van der Waals surface area contributed by atoms with E-state index in [2.05, 4.69) is 176 Å². The standard InChI is InChI=1S/C32H28N3.C16H16N3O2/c1-22-10-3-5-12-25(22)27-14-7-16-29-31-18-9-19-32-30-17-8-15-28(26-13-6-4-11-23(26)2)34(30)21-24(35(31)32)20-33(27)29;1-10-8-20-15-13-4-3-5-14-16-18(11(2)9-21-16)7-12(19(13)14)6-17(10)15/h3-19,24H,20-21H2,1-2H3;3-5,8-9,12H,6-7H2,1-2H3/q2*+3. The minimum Gasteiger partial charge on any atom is -0.401 e. The quantitative estimate of drug-likeness (QED) is 0.187. The van der Waals surface area contributed by atoms with Gasteiger partial charge in [0.1, 0.15) is 0 Å². The van der Waals surface area contributed by atoms with Crippen LogP contribution in [-0.2, 0) is 26.2 Å². The van der Waals surface area contributed by atoms with E-state index in [0.29, 0.717) is 12.1 Å². The number of rotatable bonds is 2. The molecular formula is C48H44N6O2+6. The fourth-order valence-corrected chi connectivity index (χ4v) is 9.70. The van der Waals surface area contributed by atoms with Crippen LogP contribution in [0.5, 0.6) is 0 Å². The molecule has 0 saturated heterocycles. The highest BCUT2D eigenvalue weighted by molar-refractivity contribution is 5.64. The summed E-state index contributed by atoms with van der Waals surface area (Å²) < 4.78 is 26.1. The van der Waals surface area contributed by atoms with Crippen molar-refractivity contribution in [3.8, 4) is 68.5 Å². The molecule has 272 valence electrons. The second kappa shape index (κ2) is 12.5. The summed E-state index contributed by atoms with van der Waals surface area (Å²) >= 11 is 0. The van der Waals surface area contributed by atoms with Crippen LogP contribution in [-0.4, -0.2) is 0 Å². The minimum atomic E-state index is 0.339. The van der Waals surface area contributed by atoms with Gasteiger partial charge in [0.15, 0.2) is 12.5 Å². The zero-order chi connectivity index (χ0) is 37.7. The molecule has 0 aliphatic carbocycles. The van der Waals surface area contributed by atoms with E-state index in [4.69, 9.17) is 8.83 Å². The zero-order valence-electron chi connectivity index (χ0n) is 32.2. The Morgan fingerprint density at radius 3 is 1.18 bits per heavy atom. The summed E-state index contributed by atoms with van der Waals surface area (Å²) in [5, 5.41) is 0. The van der Waals surface area contributed by atoms with Crippen molar-refractivity contribution < 1.29 is 36.2 Å². The van der Waals surface area contributed by atoms with Crippen molar-refractivity contribution in [2.75, 3.05) is 0 Å². The zero-order valence-corrected chi connectivity index (χ0v) is 32.2. The van der Waals surface area contributed by atoms with Gasteiger partial charge in [-0.1, -0.05) is 36.4 Å². The first-order valence-corrected chi connectivity index (χ1v) is 19.7.